The molecule has 1 atom stereocenters. The van der Waals surface area contributed by atoms with E-state index in [1.807, 2.05) is 0 Å². The van der Waals surface area contributed by atoms with Crippen LogP contribution in [0.1, 0.15) is 0 Å². The molecule has 0 heterocycles. The molecule has 0 aromatic rings. The predicted octanol–water partition coefficient (Wildman–Crippen LogP) is 1.11. The summed E-state index contributed by atoms with van der Waals surface area (Å²) in [5.41, 5.74) is 3.94. The Morgan fingerprint density at radius 3 is 1.06 bits per heavy atom. The van der Waals surface area contributed by atoms with E-state index in [9.17, 15) is 0 Å². The molecule has 0 amide bonds. The van der Waals surface area contributed by atoms with E-state index >= 15 is 0 Å². The van der Waals surface area contributed by atoms with Crippen LogP contribution in [0, 0.1) is 0 Å². The Labute approximate surface area is 121 Å². The third kappa shape index (κ3) is 17.1. The van der Waals surface area contributed by atoms with Crippen molar-refractivity contribution in [3.63, 3.8) is 0 Å². The maximum Gasteiger partial charge on any atom is 0.101 e. The number of nitrogens with two attached hydrogens (primary N) is 1. The third-order valence-corrected chi connectivity index (χ3v) is 17.5. The zero-order valence-electron chi connectivity index (χ0n) is 12.7. The minimum atomic E-state index is -1.21. The van der Waals surface area contributed by atoms with E-state index in [4.69, 9.17) is 21.1 Å². The van der Waals surface area contributed by atoms with Gasteiger partial charge in [-0.05, 0) is 0 Å². The van der Waals surface area contributed by atoms with Crippen molar-refractivity contribution in [1.29, 1.82) is 0 Å². The molecular formula is C10H32NO3PSSi2. The second-order valence-electron chi connectivity index (χ2n) is 6.16. The molecule has 0 spiro atoms. The Balaban J connectivity index is -0.000000238. The van der Waals surface area contributed by atoms with Gasteiger partial charge in [0.25, 0.3) is 0 Å². The molecule has 0 saturated heterocycles. The maximum absolute atomic E-state index is 8.34. The molecule has 4 nitrogen and oxygen atoms in total. The first-order valence-corrected chi connectivity index (χ1v) is 15.0. The number of rotatable bonds is 5. The number of hydrogen-bond acceptors (Lipinski definition) is 5. The van der Waals surface area contributed by atoms with Crippen molar-refractivity contribution in [2.75, 3.05) is 19.8 Å². The molecule has 0 rings (SSSR count). The number of hydrogen-bond donors (Lipinski definition) is 4. The smallest absolute Gasteiger partial charge is 0.101 e. The highest BCUT2D eigenvalue weighted by atomic mass is 32.5. The van der Waals surface area contributed by atoms with E-state index in [1.54, 1.807) is 0 Å². The largest absolute Gasteiger partial charge is 0.394 e. The normalized spacial score (nSPS) is 12.3. The fourth-order valence-electron chi connectivity index (χ4n) is 1.07. The lowest BCUT2D eigenvalue weighted by Crippen LogP contribution is -2.50. The molecule has 0 aliphatic heterocycles. The fourth-order valence-corrected chi connectivity index (χ4v) is 25.0. The van der Waals surface area contributed by atoms with E-state index in [1.165, 1.54) is 0 Å². The molecule has 5 N–H and O–H groups in total. The molecule has 0 aliphatic carbocycles. The Kier molecular flexibility index (Phi) is 13.2. The zero-order chi connectivity index (χ0) is 14.3. The van der Waals surface area contributed by atoms with Crippen LogP contribution in [0.3, 0.4) is 0 Å². The van der Waals surface area contributed by atoms with Gasteiger partial charge in [0.1, 0.15) is 14.4 Å². The first kappa shape index (κ1) is 24.1. The van der Waals surface area contributed by atoms with Gasteiger partial charge in [-0.25, -0.2) is 10.7 Å². The Morgan fingerprint density at radius 2 is 1.06 bits per heavy atom. The molecule has 18 heavy (non-hydrogen) atoms. The molecule has 8 heteroatoms. The summed E-state index contributed by atoms with van der Waals surface area (Å²) >= 11 is 0. The van der Waals surface area contributed by atoms with Gasteiger partial charge < -0.3 is 21.1 Å². The van der Waals surface area contributed by atoms with Gasteiger partial charge in [0.15, 0.2) is 0 Å². The third-order valence-electron chi connectivity index (χ3n) is 1.56. The van der Waals surface area contributed by atoms with Gasteiger partial charge in [0.05, 0.1) is 25.4 Å². The predicted molar refractivity (Wildman–Crippen MR) is 93.6 cm³/mol. The van der Waals surface area contributed by atoms with Crippen LogP contribution in [0.4, 0.5) is 0 Å². The van der Waals surface area contributed by atoms with Gasteiger partial charge in [0, 0.05) is 0 Å². The van der Waals surface area contributed by atoms with Gasteiger partial charge in [0.2, 0.25) is 0 Å². The average Bonchev–Trinajstić information content (AvgIpc) is 2.12. The van der Waals surface area contributed by atoms with Gasteiger partial charge >= 0.3 is 0 Å². The van der Waals surface area contributed by atoms with E-state index in [-0.39, 0.29) is 9.90 Å². The molecule has 1 unspecified atom stereocenters. The molecule has 0 saturated carbocycles. The standard InChI is InChI=1S/C6H18SSi2.C4H11NO3.H3P/c1-8(2,3)7-9(4,5)6;5-4(1-6,2-7)3-8;/h1-6H3;6-8H,1-3,5H2;1H3. The van der Waals surface area contributed by atoms with E-state index in [0.717, 1.165) is 0 Å². The summed E-state index contributed by atoms with van der Waals surface area (Å²) in [7, 11) is 0.663. The van der Waals surface area contributed by atoms with Crippen LogP contribution in [0.2, 0.25) is 39.3 Å². The van der Waals surface area contributed by atoms with Crippen molar-refractivity contribution in [3.8, 4) is 0 Å². The lowest BCUT2D eigenvalue weighted by Gasteiger charge is -2.25. The van der Waals surface area contributed by atoms with Crippen molar-refractivity contribution >= 4 is 35.0 Å². The van der Waals surface area contributed by atoms with Crippen LogP contribution >= 0.6 is 20.6 Å². The lowest BCUT2D eigenvalue weighted by atomic mass is 10.1. The molecule has 0 aromatic carbocycles. The van der Waals surface area contributed by atoms with Crippen LogP contribution in [0.25, 0.3) is 0 Å². The summed E-state index contributed by atoms with van der Waals surface area (Å²) in [5, 5.41) is 25.0. The summed E-state index contributed by atoms with van der Waals surface area (Å²) in [6.45, 7) is 13.4. The first-order chi connectivity index (χ1) is 7.39. The summed E-state index contributed by atoms with van der Waals surface area (Å²) in [5.74, 6) is 0. The highest BCUT2D eigenvalue weighted by Gasteiger charge is 2.24. The Hall–Kier alpha value is 1.05. The summed E-state index contributed by atoms with van der Waals surface area (Å²) in [4.78, 5) is 0. The van der Waals surface area contributed by atoms with Crippen LogP contribution in [0.5, 0.6) is 0 Å². The zero-order valence-corrected chi connectivity index (χ0v) is 16.9. The molecule has 114 valence electrons. The van der Waals surface area contributed by atoms with Gasteiger partial charge in [-0.15, -0.1) is 0 Å². The molecule has 0 bridgehead atoms. The quantitative estimate of drug-likeness (QED) is 0.447. The van der Waals surface area contributed by atoms with Crippen molar-refractivity contribution in [2.45, 2.75) is 44.8 Å². The highest BCUT2D eigenvalue weighted by molar-refractivity contribution is 8.49. The highest BCUT2D eigenvalue weighted by Crippen LogP contribution is 2.29. The summed E-state index contributed by atoms with van der Waals surface area (Å²) in [6.07, 6.45) is 0. The monoisotopic (exact) mass is 333 g/mol. The first-order valence-electron chi connectivity index (χ1n) is 5.71. The Morgan fingerprint density at radius 1 is 0.833 bits per heavy atom. The van der Waals surface area contributed by atoms with E-state index in [0.29, 0.717) is 0 Å². The molecule has 0 aromatic heterocycles. The van der Waals surface area contributed by atoms with Crippen molar-refractivity contribution in [1.82, 2.24) is 0 Å². The van der Waals surface area contributed by atoms with Crippen molar-refractivity contribution < 1.29 is 15.3 Å². The van der Waals surface area contributed by atoms with Crippen LogP contribution < -0.4 is 5.73 Å². The fraction of sp³-hybridized carbons (Fsp3) is 1.00. The number of aliphatic hydroxyl groups is 3. The number of aliphatic hydroxyl groups excluding tert-OH is 3. The molecule has 0 aliphatic rings. The summed E-state index contributed by atoms with van der Waals surface area (Å²) < 4.78 is 0. The van der Waals surface area contributed by atoms with Gasteiger partial charge in [-0.2, -0.15) is 9.90 Å². The van der Waals surface area contributed by atoms with Gasteiger partial charge in [-0.1, -0.05) is 39.3 Å². The molecule has 0 radical (unpaired) electrons. The topological polar surface area (TPSA) is 86.7 Å². The second kappa shape index (κ2) is 9.88. The molecule has 0 fully saturated rings. The van der Waals surface area contributed by atoms with E-state index < -0.39 is 39.8 Å². The van der Waals surface area contributed by atoms with E-state index in [2.05, 4.69) is 49.9 Å². The average molecular weight is 334 g/mol. The molecular weight excluding hydrogens is 301 g/mol. The van der Waals surface area contributed by atoms with Crippen LogP contribution in [-0.4, -0.2) is 55.1 Å². The van der Waals surface area contributed by atoms with Gasteiger partial charge in [-0.3, -0.25) is 0 Å². The van der Waals surface area contributed by atoms with Crippen molar-refractivity contribution in [2.24, 2.45) is 5.73 Å². The summed E-state index contributed by atoms with van der Waals surface area (Å²) in [6, 6.07) is 0. The second-order valence-corrected chi connectivity index (χ2v) is 24.6. The minimum Gasteiger partial charge on any atom is -0.394 e. The Bertz CT molecular complexity index is 186. The van der Waals surface area contributed by atoms with Crippen LogP contribution in [-0.2, 0) is 0 Å². The maximum atomic E-state index is 8.34. The minimum absolute atomic E-state index is 0. The lowest BCUT2D eigenvalue weighted by molar-refractivity contribution is 0.0698. The van der Waals surface area contributed by atoms with Crippen LogP contribution in [0.15, 0.2) is 0 Å². The SMILES string of the molecule is C[Si](C)(C)S[Si](C)(C)C.NC(CO)(CO)CO.P. The van der Waals surface area contributed by atoms with Crippen molar-refractivity contribution in [3.05, 3.63) is 0 Å².